The third-order valence-corrected chi connectivity index (χ3v) is 4.03. The first kappa shape index (κ1) is 17.1. The number of thiazole rings is 1. The molecule has 1 amide bonds. The van der Waals surface area contributed by atoms with Gasteiger partial charge in [0.2, 0.25) is 5.91 Å². The van der Waals surface area contributed by atoms with Gasteiger partial charge in [-0.25, -0.2) is 9.78 Å². The van der Waals surface area contributed by atoms with Crippen LogP contribution in [0.5, 0.6) is 0 Å². The molecule has 2 rings (SSSR count). The van der Waals surface area contributed by atoms with Crippen molar-refractivity contribution in [2.75, 3.05) is 13.7 Å². The van der Waals surface area contributed by atoms with Crippen LogP contribution in [0.4, 0.5) is 0 Å². The molecule has 2 N–H and O–H groups in total. The summed E-state index contributed by atoms with van der Waals surface area (Å²) in [5, 5.41) is 13.9. The Hall–Kier alpha value is -2.25. The zero-order chi connectivity index (χ0) is 16.7. The number of rotatable bonds is 8. The number of aromatic nitrogens is 1. The first-order valence-corrected chi connectivity index (χ1v) is 8.02. The number of ether oxygens (including phenoxy) is 1. The number of carbonyl (C=O) groups excluding carboxylic acids is 1. The lowest BCUT2D eigenvalue weighted by Gasteiger charge is -2.06. The SMILES string of the molecule is COCCCC(=O)NCc1cccc(-c2nc(C(=O)O)cs2)c1. The van der Waals surface area contributed by atoms with Crippen LogP contribution < -0.4 is 5.32 Å². The van der Waals surface area contributed by atoms with Gasteiger partial charge in [0.25, 0.3) is 0 Å². The number of carboxylic acids is 1. The standard InChI is InChI=1S/C16H18N2O4S/c1-22-7-3-6-14(19)17-9-11-4-2-5-12(8-11)15-18-13(10-23-15)16(20)21/h2,4-5,8,10H,3,6-7,9H2,1H3,(H,17,19)(H,20,21). The van der Waals surface area contributed by atoms with E-state index >= 15 is 0 Å². The molecule has 2 aromatic rings. The Labute approximate surface area is 138 Å². The Balaban J connectivity index is 1.96. The van der Waals surface area contributed by atoms with Gasteiger partial charge in [-0.1, -0.05) is 18.2 Å². The van der Waals surface area contributed by atoms with Crippen molar-refractivity contribution in [1.29, 1.82) is 0 Å². The molecule has 6 nitrogen and oxygen atoms in total. The first-order valence-electron chi connectivity index (χ1n) is 7.14. The van der Waals surface area contributed by atoms with Crippen LogP contribution in [0, 0.1) is 0 Å². The van der Waals surface area contributed by atoms with E-state index in [2.05, 4.69) is 10.3 Å². The second-order valence-electron chi connectivity index (χ2n) is 4.92. The lowest BCUT2D eigenvalue weighted by Crippen LogP contribution is -2.22. The molecule has 0 atom stereocenters. The summed E-state index contributed by atoms with van der Waals surface area (Å²) in [4.78, 5) is 26.7. The summed E-state index contributed by atoms with van der Waals surface area (Å²) in [6.07, 6.45) is 1.13. The fourth-order valence-corrected chi connectivity index (χ4v) is 2.78. The fourth-order valence-electron chi connectivity index (χ4n) is 1.98. The van der Waals surface area contributed by atoms with Crippen molar-refractivity contribution < 1.29 is 19.4 Å². The number of amides is 1. The van der Waals surface area contributed by atoms with Gasteiger partial charge in [-0.15, -0.1) is 11.3 Å². The summed E-state index contributed by atoms with van der Waals surface area (Å²) < 4.78 is 4.91. The lowest BCUT2D eigenvalue weighted by atomic mass is 10.1. The van der Waals surface area contributed by atoms with Crippen LogP contribution >= 0.6 is 11.3 Å². The van der Waals surface area contributed by atoms with E-state index in [4.69, 9.17) is 9.84 Å². The molecule has 0 saturated heterocycles. The van der Waals surface area contributed by atoms with Gasteiger partial charge in [0.1, 0.15) is 5.01 Å². The van der Waals surface area contributed by atoms with Crippen LogP contribution in [0.2, 0.25) is 0 Å². The van der Waals surface area contributed by atoms with Crippen molar-refractivity contribution in [2.24, 2.45) is 0 Å². The van der Waals surface area contributed by atoms with E-state index in [1.165, 1.54) is 16.7 Å². The number of benzene rings is 1. The Bertz CT molecular complexity index is 684. The highest BCUT2D eigenvalue weighted by molar-refractivity contribution is 7.13. The third kappa shape index (κ3) is 5.15. The molecule has 1 heterocycles. The van der Waals surface area contributed by atoms with E-state index in [-0.39, 0.29) is 11.6 Å². The topological polar surface area (TPSA) is 88.5 Å². The molecular weight excluding hydrogens is 316 g/mol. The van der Waals surface area contributed by atoms with Crippen molar-refractivity contribution in [3.05, 3.63) is 40.9 Å². The van der Waals surface area contributed by atoms with Crippen molar-refractivity contribution >= 4 is 23.2 Å². The minimum absolute atomic E-state index is 0.0186. The van der Waals surface area contributed by atoms with Crippen molar-refractivity contribution in [3.8, 4) is 10.6 Å². The van der Waals surface area contributed by atoms with Gasteiger partial charge in [0, 0.05) is 37.6 Å². The second-order valence-corrected chi connectivity index (χ2v) is 5.77. The highest BCUT2D eigenvalue weighted by atomic mass is 32.1. The smallest absolute Gasteiger partial charge is 0.355 e. The van der Waals surface area contributed by atoms with Crippen molar-refractivity contribution in [3.63, 3.8) is 0 Å². The summed E-state index contributed by atoms with van der Waals surface area (Å²) in [5.41, 5.74) is 1.82. The van der Waals surface area contributed by atoms with E-state index in [0.29, 0.717) is 31.0 Å². The zero-order valence-electron chi connectivity index (χ0n) is 12.7. The predicted octanol–water partition coefficient (Wildman–Crippen LogP) is 2.55. The number of nitrogens with zero attached hydrogens (tertiary/aromatic N) is 1. The second kappa shape index (κ2) is 8.40. The van der Waals surface area contributed by atoms with E-state index in [0.717, 1.165) is 11.1 Å². The van der Waals surface area contributed by atoms with Crippen LogP contribution in [0.15, 0.2) is 29.6 Å². The quantitative estimate of drug-likeness (QED) is 0.724. The average molecular weight is 334 g/mol. The highest BCUT2D eigenvalue weighted by Gasteiger charge is 2.10. The zero-order valence-corrected chi connectivity index (χ0v) is 13.6. The van der Waals surface area contributed by atoms with Crippen LogP contribution in [-0.2, 0) is 16.1 Å². The lowest BCUT2D eigenvalue weighted by molar-refractivity contribution is -0.121. The minimum Gasteiger partial charge on any atom is -0.476 e. The van der Waals surface area contributed by atoms with E-state index in [1.54, 1.807) is 7.11 Å². The predicted molar refractivity (Wildman–Crippen MR) is 87.5 cm³/mol. The summed E-state index contributed by atoms with van der Waals surface area (Å²) >= 11 is 1.28. The molecule has 0 fully saturated rings. The van der Waals surface area contributed by atoms with Crippen molar-refractivity contribution in [1.82, 2.24) is 10.3 Å². The Morgan fingerprint density at radius 2 is 2.22 bits per heavy atom. The third-order valence-electron chi connectivity index (χ3n) is 3.14. The first-order chi connectivity index (χ1) is 11.1. The van der Waals surface area contributed by atoms with Gasteiger partial charge >= 0.3 is 5.97 Å². The Kier molecular flexibility index (Phi) is 6.25. The van der Waals surface area contributed by atoms with Gasteiger partial charge in [-0.05, 0) is 18.1 Å². The fraction of sp³-hybridized carbons (Fsp3) is 0.312. The molecule has 0 saturated carbocycles. The molecule has 1 aromatic carbocycles. The number of nitrogens with one attached hydrogen (secondary N) is 1. The molecule has 0 radical (unpaired) electrons. The number of hydrogen-bond donors (Lipinski definition) is 2. The average Bonchev–Trinajstić information content (AvgIpc) is 3.04. The molecule has 0 aliphatic rings. The summed E-state index contributed by atoms with van der Waals surface area (Å²) in [5.74, 6) is -1.05. The number of carbonyl (C=O) groups is 2. The minimum atomic E-state index is -1.04. The monoisotopic (exact) mass is 334 g/mol. The van der Waals surface area contributed by atoms with E-state index in [9.17, 15) is 9.59 Å². The maximum atomic E-state index is 11.7. The number of methoxy groups -OCH3 is 1. The van der Waals surface area contributed by atoms with Crippen LogP contribution in [0.25, 0.3) is 10.6 Å². The molecule has 0 unspecified atom stereocenters. The largest absolute Gasteiger partial charge is 0.476 e. The number of aromatic carboxylic acids is 1. The number of hydrogen-bond acceptors (Lipinski definition) is 5. The molecule has 122 valence electrons. The van der Waals surface area contributed by atoms with Gasteiger partial charge in [0.05, 0.1) is 0 Å². The van der Waals surface area contributed by atoms with E-state index < -0.39 is 5.97 Å². The molecule has 0 spiro atoms. The summed E-state index contributed by atoms with van der Waals surface area (Å²) in [6.45, 7) is 0.996. The van der Waals surface area contributed by atoms with E-state index in [1.807, 2.05) is 24.3 Å². The van der Waals surface area contributed by atoms with Gasteiger partial charge in [0.15, 0.2) is 5.69 Å². The van der Waals surface area contributed by atoms with Gasteiger partial charge in [-0.2, -0.15) is 0 Å². The molecule has 0 bridgehead atoms. The van der Waals surface area contributed by atoms with Crippen LogP contribution in [0.3, 0.4) is 0 Å². The Morgan fingerprint density at radius 3 is 2.91 bits per heavy atom. The Morgan fingerprint density at radius 1 is 1.39 bits per heavy atom. The molecule has 0 aliphatic heterocycles. The highest BCUT2D eigenvalue weighted by Crippen LogP contribution is 2.24. The molecular formula is C16H18N2O4S. The molecule has 1 aromatic heterocycles. The van der Waals surface area contributed by atoms with Crippen LogP contribution in [-0.4, -0.2) is 35.7 Å². The maximum absolute atomic E-state index is 11.7. The summed E-state index contributed by atoms with van der Waals surface area (Å²) in [6, 6.07) is 7.54. The molecule has 7 heteroatoms. The summed E-state index contributed by atoms with van der Waals surface area (Å²) in [7, 11) is 1.61. The normalized spacial score (nSPS) is 10.5. The van der Waals surface area contributed by atoms with Gasteiger partial charge < -0.3 is 15.2 Å². The van der Waals surface area contributed by atoms with Crippen molar-refractivity contribution in [2.45, 2.75) is 19.4 Å². The maximum Gasteiger partial charge on any atom is 0.355 e. The van der Waals surface area contributed by atoms with Gasteiger partial charge in [-0.3, -0.25) is 4.79 Å². The number of carboxylic acid groups (broad SMARTS) is 1. The molecule has 0 aliphatic carbocycles. The van der Waals surface area contributed by atoms with Crippen LogP contribution in [0.1, 0.15) is 28.9 Å². The molecule has 23 heavy (non-hydrogen) atoms.